The number of aromatic amines is 1. The van der Waals surface area contributed by atoms with Crippen molar-refractivity contribution in [3.05, 3.63) is 65.4 Å². The third-order valence-corrected chi connectivity index (χ3v) is 5.38. The van der Waals surface area contributed by atoms with Crippen LogP contribution in [-0.4, -0.2) is 29.9 Å². The Morgan fingerprint density at radius 3 is 2.71 bits per heavy atom. The van der Waals surface area contributed by atoms with Crippen LogP contribution < -0.4 is 10.2 Å². The summed E-state index contributed by atoms with van der Waals surface area (Å²) in [4.78, 5) is 30.1. The normalized spacial score (nSPS) is 16.7. The molecule has 28 heavy (non-hydrogen) atoms. The molecule has 0 bridgehead atoms. The molecule has 1 saturated heterocycles. The molecular formula is C23H25N3O2. The Balaban J connectivity index is 1.36. The molecule has 1 fully saturated rings. The number of amides is 2. The smallest absolute Gasteiger partial charge is 0.227 e. The predicted octanol–water partition coefficient (Wildman–Crippen LogP) is 3.50. The van der Waals surface area contributed by atoms with E-state index >= 15 is 0 Å². The van der Waals surface area contributed by atoms with E-state index in [-0.39, 0.29) is 24.2 Å². The minimum absolute atomic E-state index is 0.0155. The maximum absolute atomic E-state index is 12.6. The van der Waals surface area contributed by atoms with Crippen molar-refractivity contribution in [3.8, 4) is 0 Å². The molecule has 5 nitrogen and oxygen atoms in total. The van der Waals surface area contributed by atoms with Crippen molar-refractivity contribution in [2.45, 2.75) is 26.7 Å². The van der Waals surface area contributed by atoms with Crippen molar-refractivity contribution in [2.75, 3.05) is 18.0 Å². The van der Waals surface area contributed by atoms with Gasteiger partial charge in [0.1, 0.15) is 0 Å². The lowest BCUT2D eigenvalue weighted by atomic mass is 10.1. The molecule has 1 aliphatic rings. The SMILES string of the molecule is Cc1cc(C)cc(N2CC(C(=O)NCCc3c[nH]c4ccccc34)CC2=O)c1. The standard InChI is InChI=1S/C23H25N3O2/c1-15-9-16(2)11-19(10-15)26-14-18(12-22(26)27)23(28)24-8-7-17-13-25-21-6-4-3-5-20(17)21/h3-6,9-11,13,18,25H,7-8,12,14H2,1-2H3,(H,24,28). The molecule has 0 aliphatic carbocycles. The molecule has 4 rings (SSSR count). The minimum atomic E-state index is -0.295. The maximum Gasteiger partial charge on any atom is 0.227 e. The summed E-state index contributed by atoms with van der Waals surface area (Å²) >= 11 is 0. The van der Waals surface area contributed by atoms with Crippen LogP contribution in [-0.2, 0) is 16.0 Å². The van der Waals surface area contributed by atoms with Crippen molar-refractivity contribution in [1.82, 2.24) is 10.3 Å². The van der Waals surface area contributed by atoms with Gasteiger partial charge in [0.25, 0.3) is 0 Å². The summed E-state index contributed by atoms with van der Waals surface area (Å²) in [5.41, 5.74) is 5.42. The van der Waals surface area contributed by atoms with E-state index in [1.54, 1.807) is 4.90 Å². The molecule has 144 valence electrons. The van der Waals surface area contributed by atoms with Gasteiger partial charge in [-0.3, -0.25) is 9.59 Å². The van der Waals surface area contributed by atoms with Crippen molar-refractivity contribution >= 4 is 28.4 Å². The Morgan fingerprint density at radius 1 is 1.18 bits per heavy atom. The van der Waals surface area contributed by atoms with Gasteiger partial charge in [-0.05, 0) is 55.2 Å². The number of H-pyrrole nitrogens is 1. The summed E-state index contributed by atoms with van der Waals surface area (Å²) in [7, 11) is 0. The second kappa shape index (κ2) is 7.50. The number of nitrogens with zero attached hydrogens (tertiary/aromatic N) is 1. The fraction of sp³-hybridized carbons (Fsp3) is 0.304. The fourth-order valence-corrected chi connectivity index (χ4v) is 4.04. The van der Waals surface area contributed by atoms with Crippen LogP contribution in [0.1, 0.15) is 23.1 Å². The number of para-hydroxylation sites is 1. The van der Waals surface area contributed by atoms with Crippen molar-refractivity contribution < 1.29 is 9.59 Å². The number of benzene rings is 2. The number of rotatable bonds is 5. The van der Waals surface area contributed by atoms with Crippen LogP contribution in [0, 0.1) is 19.8 Å². The fourth-order valence-electron chi connectivity index (χ4n) is 4.04. The molecule has 2 amide bonds. The second-order valence-corrected chi connectivity index (χ2v) is 7.65. The summed E-state index contributed by atoms with van der Waals surface area (Å²) < 4.78 is 0. The van der Waals surface area contributed by atoms with Crippen molar-refractivity contribution in [1.29, 1.82) is 0 Å². The lowest BCUT2D eigenvalue weighted by Crippen LogP contribution is -2.34. The van der Waals surface area contributed by atoms with Gasteiger partial charge in [-0.15, -0.1) is 0 Å². The molecule has 1 aliphatic heterocycles. The number of carbonyl (C=O) groups is 2. The van der Waals surface area contributed by atoms with Crippen LogP contribution in [0.15, 0.2) is 48.7 Å². The van der Waals surface area contributed by atoms with Crippen LogP contribution in [0.2, 0.25) is 0 Å². The number of nitrogens with one attached hydrogen (secondary N) is 2. The van der Waals surface area contributed by atoms with Gasteiger partial charge in [-0.2, -0.15) is 0 Å². The van der Waals surface area contributed by atoms with E-state index < -0.39 is 0 Å². The van der Waals surface area contributed by atoms with Crippen LogP contribution in [0.5, 0.6) is 0 Å². The average Bonchev–Trinajstić information content (AvgIpc) is 3.25. The topological polar surface area (TPSA) is 65.2 Å². The van der Waals surface area contributed by atoms with E-state index in [4.69, 9.17) is 0 Å². The average molecular weight is 375 g/mol. The van der Waals surface area contributed by atoms with E-state index in [2.05, 4.69) is 22.4 Å². The quantitative estimate of drug-likeness (QED) is 0.717. The highest BCUT2D eigenvalue weighted by Gasteiger charge is 2.35. The number of anilines is 1. The molecule has 0 saturated carbocycles. The number of aryl methyl sites for hydroxylation is 2. The van der Waals surface area contributed by atoms with Gasteiger partial charge in [0, 0.05) is 42.3 Å². The molecule has 2 heterocycles. The highest BCUT2D eigenvalue weighted by atomic mass is 16.2. The number of hydrogen-bond donors (Lipinski definition) is 2. The van der Waals surface area contributed by atoms with Crippen LogP contribution in [0.3, 0.4) is 0 Å². The van der Waals surface area contributed by atoms with Gasteiger partial charge in [0.2, 0.25) is 11.8 Å². The molecule has 3 aromatic rings. The van der Waals surface area contributed by atoms with E-state index in [9.17, 15) is 9.59 Å². The van der Waals surface area contributed by atoms with Crippen LogP contribution >= 0.6 is 0 Å². The lowest BCUT2D eigenvalue weighted by Gasteiger charge is -2.18. The Kier molecular flexibility index (Phi) is 4.90. The van der Waals surface area contributed by atoms with Gasteiger partial charge < -0.3 is 15.2 Å². The summed E-state index contributed by atoms with van der Waals surface area (Å²) in [6.45, 7) is 5.05. The summed E-state index contributed by atoms with van der Waals surface area (Å²) in [5, 5.41) is 4.20. The number of fused-ring (bicyclic) bond motifs is 1. The Morgan fingerprint density at radius 2 is 1.93 bits per heavy atom. The molecule has 1 atom stereocenters. The Labute approximate surface area is 164 Å². The van der Waals surface area contributed by atoms with Crippen molar-refractivity contribution in [2.24, 2.45) is 5.92 Å². The second-order valence-electron chi connectivity index (χ2n) is 7.65. The maximum atomic E-state index is 12.6. The zero-order valence-electron chi connectivity index (χ0n) is 16.3. The van der Waals surface area contributed by atoms with E-state index in [0.717, 1.165) is 28.8 Å². The number of carbonyl (C=O) groups excluding carboxylic acids is 2. The highest BCUT2D eigenvalue weighted by molar-refractivity contribution is 6.00. The first-order valence-corrected chi connectivity index (χ1v) is 9.72. The lowest BCUT2D eigenvalue weighted by molar-refractivity contribution is -0.126. The molecular weight excluding hydrogens is 350 g/mol. The monoisotopic (exact) mass is 375 g/mol. The molecule has 1 aromatic heterocycles. The van der Waals surface area contributed by atoms with Gasteiger partial charge in [-0.25, -0.2) is 0 Å². The van der Waals surface area contributed by atoms with Gasteiger partial charge in [0.05, 0.1) is 5.92 Å². The van der Waals surface area contributed by atoms with Gasteiger partial charge in [0.15, 0.2) is 0 Å². The predicted molar refractivity (Wildman–Crippen MR) is 111 cm³/mol. The minimum Gasteiger partial charge on any atom is -0.361 e. The van der Waals surface area contributed by atoms with Crippen LogP contribution in [0.25, 0.3) is 10.9 Å². The van der Waals surface area contributed by atoms with E-state index in [1.807, 2.05) is 50.4 Å². The zero-order valence-corrected chi connectivity index (χ0v) is 16.3. The molecule has 2 aromatic carbocycles. The molecule has 1 unspecified atom stereocenters. The largest absolute Gasteiger partial charge is 0.361 e. The number of aromatic nitrogens is 1. The highest BCUT2D eigenvalue weighted by Crippen LogP contribution is 2.27. The van der Waals surface area contributed by atoms with Gasteiger partial charge in [-0.1, -0.05) is 24.3 Å². The first-order valence-electron chi connectivity index (χ1n) is 9.72. The van der Waals surface area contributed by atoms with Crippen molar-refractivity contribution in [3.63, 3.8) is 0 Å². The number of hydrogen-bond acceptors (Lipinski definition) is 2. The molecule has 5 heteroatoms. The summed E-state index contributed by atoms with van der Waals surface area (Å²) in [6, 6.07) is 14.2. The Bertz CT molecular complexity index is 1020. The summed E-state index contributed by atoms with van der Waals surface area (Å²) in [6.07, 6.45) is 3.03. The molecule has 2 N–H and O–H groups in total. The van der Waals surface area contributed by atoms with Crippen LogP contribution in [0.4, 0.5) is 5.69 Å². The molecule has 0 radical (unpaired) electrons. The van der Waals surface area contributed by atoms with E-state index in [1.165, 1.54) is 10.9 Å². The third kappa shape index (κ3) is 3.65. The third-order valence-electron chi connectivity index (χ3n) is 5.38. The van der Waals surface area contributed by atoms with Gasteiger partial charge >= 0.3 is 0 Å². The summed E-state index contributed by atoms with van der Waals surface area (Å²) in [5.74, 6) is -0.321. The van der Waals surface area contributed by atoms with E-state index in [0.29, 0.717) is 13.1 Å². The Hall–Kier alpha value is -3.08. The molecule has 0 spiro atoms. The first kappa shape index (κ1) is 18.3. The first-order chi connectivity index (χ1) is 13.5. The zero-order chi connectivity index (χ0) is 19.7.